The van der Waals surface area contributed by atoms with Crippen molar-refractivity contribution in [2.24, 2.45) is 0 Å². The highest BCUT2D eigenvalue weighted by Gasteiger charge is 2.11. The molecule has 0 N–H and O–H groups in total. The number of rotatable bonds is 3. The molecular weight excluding hydrogens is 228 g/mol. The summed E-state index contributed by atoms with van der Waals surface area (Å²) in [5, 5.41) is 6.88. The quantitative estimate of drug-likeness (QED) is 0.742. The van der Waals surface area contributed by atoms with Gasteiger partial charge in [0.05, 0.1) is 13.7 Å². The van der Waals surface area contributed by atoms with Crippen molar-refractivity contribution in [1.29, 1.82) is 0 Å². The Morgan fingerprint density at radius 1 is 1.62 bits per heavy atom. The van der Waals surface area contributed by atoms with Gasteiger partial charge in [-0.1, -0.05) is 0 Å². The summed E-state index contributed by atoms with van der Waals surface area (Å²) < 4.78 is 6.07. The minimum Gasteiger partial charge on any atom is -0.463 e. The van der Waals surface area contributed by atoms with Crippen LogP contribution in [0.2, 0.25) is 0 Å². The number of aromatic nitrogens is 4. The van der Waals surface area contributed by atoms with Gasteiger partial charge >= 0.3 is 5.97 Å². The molecule has 2 aromatic heterocycles. The first kappa shape index (κ1) is 10.7. The van der Waals surface area contributed by atoms with E-state index in [1.165, 1.54) is 13.4 Å². The second-order valence-corrected chi connectivity index (χ2v) is 4.08. The van der Waals surface area contributed by atoms with Crippen LogP contribution in [0.25, 0.3) is 0 Å². The van der Waals surface area contributed by atoms with Crippen LogP contribution in [0.5, 0.6) is 0 Å². The highest BCUT2D eigenvalue weighted by molar-refractivity contribution is 7.09. The maximum Gasteiger partial charge on any atom is 0.377 e. The molecule has 0 radical (unpaired) electrons. The molecule has 2 rings (SSSR count). The van der Waals surface area contributed by atoms with Crippen molar-refractivity contribution >= 4 is 17.3 Å². The van der Waals surface area contributed by atoms with Gasteiger partial charge in [0.1, 0.15) is 11.3 Å². The molecule has 0 spiro atoms. The van der Waals surface area contributed by atoms with Gasteiger partial charge in [0.2, 0.25) is 0 Å². The minimum absolute atomic E-state index is 0.0655. The Bertz CT molecular complexity index is 505. The van der Waals surface area contributed by atoms with Crippen molar-refractivity contribution in [1.82, 2.24) is 19.7 Å². The van der Waals surface area contributed by atoms with Gasteiger partial charge in [0, 0.05) is 11.1 Å². The number of esters is 1. The third kappa shape index (κ3) is 2.25. The van der Waals surface area contributed by atoms with E-state index in [-0.39, 0.29) is 5.82 Å². The zero-order valence-electron chi connectivity index (χ0n) is 8.88. The molecule has 0 aromatic carbocycles. The van der Waals surface area contributed by atoms with Gasteiger partial charge in [-0.15, -0.1) is 16.4 Å². The van der Waals surface area contributed by atoms with E-state index in [4.69, 9.17) is 0 Å². The summed E-state index contributed by atoms with van der Waals surface area (Å²) in [4.78, 5) is 19.2. The zero-order chi connectivity index (χ0) is 11.5. The number of hydrogen-bond acceptors (Lipinski definition) is 6. The van der Waals surface area contributed by atoms with Crippen LogP contribution in [0.15, 0.2) is 11.7 Å². The predicted octanol–water partition coefficient (Wildman–Crippen LogP) is 0.878. The highest BCUT2D eigenvalue weighted by atomic mass is 32.1. The van der Waals surface area contributed by atoms with Gasteiger partial charge in [-0.3, -0.25) is 0 Å². The van der Waals surface area contributed by atoms with Gasteiger partial charge < -0.3 is 4.74 Å². The topological polar surface area (TPSA) is 69.9 Å². The number of ether oxygens (including phenoxy) is 1. The van der Waals surface area contributed by atoms with Crippen LogP contribution >= 0.6 is 11.3 Å². The molecule has 2 aromatic rings. The fraction of sp³-hybridized carbons (Fsp3) is 0.333. The Hall–Kier alpha value is -1.76. The largest absolute Gasteiger partial charge is 0.463 e. The van der Waals surface area contributed by atoms with Gasteiger partial charge in [0.15, 0.2) is 0 Å². The van der Waals surface area contributed by atoms with Crippen molar-refractivity contribution in [3.05, 3.63) is 28.2 Å². The first-order valence-electron chi connectivity index (χ1n) is 4.58. The molecule has 0 amide bonds. The average molecular weight is 238 g/mol. The second kappa shape index (κ2) is 4.40. The molecule has 0 aliphatic rings. The molecule has 0 aliphatic carbocycles. The van der Waals surface area contributed by atoms with Crippen molar-refractivity contribution in [3.63, 3.8) is 0 Å². The SMILES string of the molecule is COC(=O)c1ncn(Cc2nc(C)cs2)n1. The lowest BCUT2D eigenvalue weighted by atomic mass is 10.6. The number of carbonyl (C=O) groups is 1. The summed E-state index contributed by atoms with van der Waals surface area (Å²) in [6.07, 6.45) is 1.49. The summed E-state index contributed by atoms with van der Waals surface area (Å²) in [6.45, 7) is 2.45. The van der Waals surface area contributed by atoms with Gasteiger partial charge in [-0.05, 0) is 6.92 Å². The number of hydrogen-bond donors (Lipinski definition) is 0. The Balaban J connectivity index is 2.11. The van der Waals surface area contributed by atoms with Crippen LogP contribution in [-0.4, -0.2) is 32.8 Å². The van der Waals surface area contributed by atoms with Crippen LogP contribution in [0.4, 0.5) is 0 Å². The minimum atomic E-state index is -0.533. The highest BCUT2D eigenvalue weighted by Crippen LogP contribution is 2.09. The molecule has 0 fully saturated rings. The van der Waals surface area contributed by atoms with Gasteiger partial charge in [-0.25, -0.2) is 19.4 Å². The molecular formula is C9H10N4O2S. The van der Waals surface area contributed by atoms with E-state index in [0.29, 0.717) is 6.54 Å². The maximum absolute atomic E-state index is 11.1. The Morgan fingerprint density at radius 2 is 2.44 bits per heavy atom. The van der Waals surface area contributed by atoms with E-state index in [0.717, 1.165) is 10.7 Å². The van der Waals surface area contributed by atoms with Crippen LogP contribution in [-0.2, 0) is 11.3 Å². The monoisotopic (exact) mass is 238 g/mol. The molecule has 0 saturated carbocycles. The van der Waals surface area contributed by atoms with Crippen molar-refractivity contribution in [3.8, 4) is 0 Å². The molecule has 0 bridgehead atoms. The summed E-state index contributed by atoms with van der Waals surface area (Å²) in [6, 6.07) is 0. The standard InChI is InChI=1S/C9H10N4O2S/c1-6-4-16-7(11-6)3-13-5-10-8(12-13)9(14)15-2/h4-5H,3H2,1-2H3. The lowest BCUT2D eigenvalue weighted by molar-refractivity contribution is 0.0586. The van der Waals surface area contributed by atoms with Crippen LogP contribution in [0.3, 0.4) is 0 Å². The maximum atomic E-state index is 11.1. The van der Waals surface area contributed by atoms with Crippen LogP contribution in [0.1, 0.15) is 21.3 Å². The van der Waals surface area contributed by atoms with Crippen molar-refractivity contribution < 1.29 is 9.53 Å². The zero-order valence-corrected chi connectivity index (χ0v) is 9.69. The third-order valence-corrected chi connectivity index (χ3v) is 2.82. The van der Waals surface area contributed by atoms with E-state index in [2.05, 4.69) is 19.8 Å². The first-order valence-corrected chi connectivity index (χ1v) is 5.46. The van der Waals surface area contributed by atoms with E-state index in [1.807, 2.05) is 12.3 Å². The molecule has 2 heterocycles. The van der Waals surface area contributed by atoms with Crippen molar-refractivity contribution in [2.45, 2.75) is 13.5 Å². The molecule has 6 nitrogen and oxygen atoms in total. The van der Waals surface area contributed by atoms with Gasteiger partial charge in [0.25, 0.3) is 5.82 Å². The lowest BCUT2D eigenvalue weighted by Gasteiger charge is -1.95. The van der Waals surface area contributed by atoms with E-state index >= 15 is 0 Å². The van der Waals surface area contributed by atoms with Crippen LogP contribution in [0, 0.1) is 6.92 Å². The Kier molecular flexibility index (Phi) is 2.95. The normalized spacial score (nSPS) is 10.4. The number of nitrogens with zero attached hydrogens (tertiary/aromatic N) is 4. The number of methoxy groups -OCH3 is 1. The summed E-state index contributed by atoms with van der Waals surface area (Å²) in [5.41, 5.74) is 0.980. The third-order valence-electron chi connectivity index (χ3n) is 1.87. The summed E-state index contributed by atoms with van der Waals surface area (Å²) in [7, 11) is 1.30. The van der Waals surface area contributed by atoms with Crippen LogP contribution < -0.4 is 0 Å². The summed E-state index contributed by atoms with van der Waals surface area (Å²) >= 11 is 1.55. The van der Waals surface area contributed by atoms with E-state index < -0.39 is 5.97 Å². The summed E-state index contributed by atoms with van der Waals surface area (Å²) in [5.74, 6) is -0.468. The fourth-order valence-corrected chi connectivity index (χ4v) is 1.93. The van der Waals surface area contributed by atoms with Crippen molar-refractivity contribution in [2.75, 3.05) is 7.11 Å². The molecule has 16 heavy (non-hydrogen) atoms. The molecule has 0 saturated heterocycles. The molecule has 0 aliphatic heterocycles. The predicted molar refractivity (Wildman–Crippen MR) is 57.3 cm³/mol. The second-order valence-electron chi connectivity index (χ2n) is 3.14. The Labute approximate surface area is 95.9 Å². The lowest BCUT2D eigenvalue weighted by Crippen LogP contribution is -2.06. The number of carbonyl (C=O) groups excluding carboxylic acids is 1. The van der Waals surface area contributed by atoms with E-state index in [1.54, 1.807) is 16.0 Å². The Morgan fingerprint density at radius 3 is 3.06 bits per heavy atom. The first-order chi connectivity index (χ1) is 7.69. The molecule has 84 valence electrons. The van der Waals surface area contributed by atoms with E-state index in [9.17, 15) is 4.79 Å². The molecule has 0 atom stereocenters. The number of thiazole rings is 1. The molecule has 0 unspecified atom stereocenters. The van der Waals surface area contributed by atoms with Gasteiger partial charge in [-0.2, -0.15) is 0 Å². The average Bonchev–Trinajstić information content (AvgIpc) is 2.87. The molecule has 7 heteroatoms. The number of aryl methyl sites for hydroxylation is 1. The fourth-order valence-electron chi connectivity index (χ4n) is 1.17. The smallest absolute Gasteiger partial charge is 0.377 e.